The molecule has 1 saturated carbocycles. The van der Waals surface area contributed by atoms with E-state index in [-0.39, 0.29) is 37.1 Å². The Morgan fingerprint density at radius 3 is 2.51 bits per heavy atom. The maximum Gasteiger partial charge on any atom is 0.247 e. The van der Waals surface area contributed by atoms with Crippen molar-refractivity contribution in [1.29, 1.82) is 0 Å². The lowest BCUT2D eigenvalue weighted by atomic mass is 10.0. The topological polar surface area (TPSA) is 86.3 Å². The second-order valence-electron chi connectivity index (χ2n) is 9.29. The van der Waals surface area contributed by atoms with Crippen LogP contribution in [0.25, 0.3) is 0 Å². The number of hydrogen-bond acceptors (Lipinski definition) is 6. The Labute approximate surface area is 223 Å². The summed E-state index contributed by atoms with van der Waals surface area (Å²) in [5, 5.41) is 3.23. The molecule has 0 saturated heterocycles. The highest BCUT2D eigenvalue weighted by Crippen LogP contribution is 2.36. The Bertz CT molecular complexity index is 1090. The summed E-state index contributed by atoms with van der Waals surface area (Å²) in [4.78, 5) is 28.7. The molecule has 2 aromatic carbocycles. The number of amides is 2. The summed E-state index contributed by atoms with van der Waals surface area (Å²) >= 11 is 6.07. The molecule has 37 heavy (non-hydrogen) atoms. The highest BCUT2D eigenvalue weighted by Gasteiger charge is 2.33. The highest BCUT2D eigenvalue weighted by molar-refractivity contribution is 6.27. The fourth-order valence-electron chi connectivity index (χ4n) is 4.94. The van der Waals surface area contributed by atoms with Gasteiger partial charge in [0.2, 0.25) is 18.6 Å². The van der Waals surface area contributed by atoms with Gasteiger partial charge >= 0.3 is 0 Å². The lowest BCUT2D eigenvalue weighted by Crippen LogP contribution is -2.46. The van der Waals surface area contributed by atoms with Crippen LogP contribution in [-0.2, 0) is 16.1 Å². The van der Waals surface area contributed by atoms with Crippen LogP contribution in [0.5, 0.6) is 23.0 Å². The first-order chi connectivity index (χ1) is 18.0. The van der Waals surface area contributed by atoms with Crippen molar-refractivity contribution in [3.05, 3.63) is 47.5 Å². The van der Waals surface area contributed by atoms with Gasteiger partial charge < -0.3 is 29.2 Å². The lowest BCUT2D eigenvalue weighted by Gasteiger charge is -2.32. The van der Waals surface area contributed by atoms with Crippen LogP contribution in [0.3, 0.4) is 0 Å². The minimum Gasteiger partial charge on any atom is -0.493 e. The Morgan fingerprint density at radius 2 is 1.81 bits per heavy atom. The molecule has 0 radical (unpaired) electrons. The monoisotopic (exact) mass is 530 g/mol. The van der Waals surface area contributed by atoms with E-state index in [9.17, 15) is 9.59 Å². The van der Waals surface area contributed by atoms with Crippen LogP contribution in [0.15, 0.2) is 36.4 Å². The van der Waals surface area contributed by atoms with Crippen molar-refractivity contribution in [3.8, 4) is 23.0 Å². The molecule has 1 N–H and O–H groups in total. The first kappa shape index (κ1) is 26.9. The number of nitrogens with zero attached hydrogens (tertiary/aromatic N) is 1. The largest absolute Gasteiger partial charge is 0.493 e. The van der Waals surface area contributed by atoms with Gasteiger partial charge in [0.05, 0.1) is 13.7 Å². The van der Waals surface area contributed by atoms with Crippen LogP contribution < -0.4 is 24.3 Å². The molecule has 1 atom stereocenters. The normalized spacial score (nSPS) is 16.0. The minimum atomic E-state index is -0.912. The molecule has 1 heterocycles. The van der Waals surface area contributed by atoms with Crippen molar-refractivity contribution in [2.75, 3.05) is 26.4 Å². The van der Waals surface area contributed by atoms with Crippen molar-refractivity contribution in [2.45, 2.75) is 64.1 Å². The Hall–Kier alpha value is -3.13. The smallest absolute Gasteiger partial charge is 0.247 e. The zero-order chi connectivity index (χ0) is 26.2. The molecule has 0 unspecified atom stereocenters. The predicted octanol–water partition coefficient (Wildman–Crippen LogP) is 4.97. The number of methoxy groups -OCH3 is 1. The van der Waals surface area contributed by atoms with Gasteiger partial charge in [-0.1, -0.05) is 37.8 Å². The minimum absolute atomic E-state index is 0.0700. The van der Waals surface area contributed by atoms with Gasteiger partial charge in [0.15, 0.2) is 23.0 Å². The number of rotatable bonds is 10. The zero-order valence-electron chi connectivity index (χ0n) is 21.5. The van der Waals surface area contributed by atoms with Crippen LogP contribution >= 0.6 is 11.6 Å². The summed E-state index contributed by atoms with van der Waals surface area (Å²) in [6, 6.07) is 9.99. The summed E-state index contributed by atoms with van der Waals surface area (Å²) in [6.45, 7) is 2.69. The molecule has 0 spiro atoms. The van der Waals surface area contributed by atoms with E-state index in [1.807, 2.05) is 25.1 Å². The lowest BCUT2D eigenvalue weighted by molar-refractivity contribution is -0.140. The predicted molar refractivity (Wildman–Crippen MR) is 140 cm³/mol. The first-order valence-corrected chi connectivity index (χ1v) is 13.4. The van der Waals surface area contributed by atoms with E-state index in [1.165, 1.54) is 17.7 Å². The van der Waals surface area contributed by atoms with E-state index < -0.39 is 6.04 Å². The number of carbonyl (C=O) groups is 2. The maximum absolute atomic E-state index is 13.9. The Morgan fingerprint density at radius 1 is 1.05 bits per heavy atom. The van der Waals surface area contributed by atoms with Gasteiger partial charge in [-0.2, -0.15) is 0 Å². The molecule has 1 fully saturated rings. The molecule has 2 aliphatic rings. The third kappa shape index (κ3) is 6.60. The molecule has 200 valence electrons. The summed E-state index contributed by atoms with van der Waals surface area (Å²) in [6.07, 6.45) is 6.36. The van der Waals surface area contributed by atoms with Crippen LogP contribution in [0.4, 0.5) is 0 Å². The first-order valence-electron chi connectivity index (χ1n) is 12.9. The van der Waals surface area contributed by atoms with Gasteiger partial charge in [0.25, 0.3) is 0 Å². The number of benzene rings is 2. The van der Waals surface area contributed by atoms with Crippen molar-refractivity contribution in [2.24, 2.45) is 0 Å². The van der Waals surface area contributed by atoms with E-state index in [0.29, 0.717) is 35.2 Å². The molecule has 1 aliphatic heterocycles. The Balaban J connectivity index is 1.70. The van der Waals surface area contributed by atoms with Crippen molar-refractivity contribution in [1.82, 2.24) is 10.2 Å². The van der Waals surface area contributed by atoms with Gasteiger partial charge in [0.1, 0.15) is 11.9 Å². The van der Waals surface area contributed by atoms with Gasteiger partial charge in [0, 0.05) is 12.6 Å². The van der Waals surface area contributed by atoms with Gasteiger partial charge in [-0.3, -0.25) is 9.59 Å². The van der Waals surface area contributed by atoms with Crippen molar-refractivity contribution >= 4 is 23.4 Å². The van der Waals surface area contributed by atoms with E-state index >= 15 is 0 Å². The SMILES string of the molecule is CCOc1ccc([C@@H](C(=O)NC2CCCCCC2)N(Cc2ccc3c(c2)OCO3)C(=O)CCl)cc1OC. The zero-order valence-corrected chi connectivity index (χ0v) is 22.2. The average Bonchev–Trinajstić information content (AvgIpc) is 3.23. The molecule has 8 nitrogen and oxygen atoms in total. The standard InChI is InChI=1S/C28H35ClN2O6/c1-3-35-22-13-11-20(15-24(22)34-2)27(28(33)30-21-8-6-4-5-7-9-21)31(26(32)16-29)17-19-10-12-23-25(14-19)37-18-36-23/h10-15,21,27H,3-9,16-18H2,1-2H3,(H,30,33)/t27-/m0/s1. The molecule has 0 aromatic heterocycles. The van der Waals surface area contributed by atoms with Crippen LogP contribution in [0.2, 0.25) is 0 Å². The summed E-state index contributed by atoms with van der Waals surface area (Å²) in [7, 11) is 1.55. The molecule has 4 rings (SSSR count). The number of alkyl halides is 1. The van der Waals surface area contributed by atoms with Crippen LogP contribution in [0.1, 0.15) is 62.6 Å². The van der Waals surface area contributed by atoms with Gasteiger partial charge in [-0.25, -0.2) is 0 Å². The Kier molecular flexibility index (Phi) is 9.39. The quantitative estimate of drug-likeness (QED) is 0.345. The molecular weight excluding hydrogens is 496 g/mol. The van der Waals surface area contributed by atoms with E-state index in [4.69, 9.17) is 30.5 Å². The van der Waals surface area contributed by atoms with E-state index in [0.717, 1.165) is 31.2 Å². The molecule has 2 aromatic rings. The third-order valence-electron chi connectivity index (χ3n) is 6.79. The van der Waals surface area contributed by atoms with Crippen molar-refractivity contribution < 1.29 is 28.5 Å². The van der Waals surface area contributed by atoms with Gasteiger partial charge in [-0.05, 0) is 55.2 Å². The van der Waals surface area contributed by atoms with Gasteiger partial charge in [-0.15, -0.1) is 11.6 Å². The van der Waals surface area contributed by atoms with E-state index in [1.54, 1.807) is 25.3 Å². The number of hydrogen-bond donors (Lipinski definition) is 1. The molecular formula is C28H35ClN2O6. The summed E-state index contributed by atoms with van der Waals surface area (Å²) < 4.78 is 22.2. The van der Waals surface area contributed by atoms with Crippen molar-refractivity contribution in [3.63, 3.8) is 0 Å². The molecule has 9 heteroatoms. The number of ether oxygens (including phenoxy) is 4. The fourth-order valence-corrected chi connectivity index (χ4v) is 5.10. The van der Waals surface area contributed by atoms with Crippen LogP contribution in [-0.4, -0.2) is 49.1 Å². The fraction of sp³-hybridized carbons (Fsp3) is 0.500. The average molecular weight is 531 g/mol. The summed E-state index contributed by atoms with van der Waals surface area (Å²) in [5.41, 5.74) is 1.42. The molecule has 0 bridgehead atoms. The molecule has 2 amide bonds. The third-order valence-corrected chi connectivity index (χ3v) is 7.02. The number of halogens is 1. The summed E-state index contributed by atoms with van der Waals surface area (Å²) in [5.74, 6) is 1.48. The highest BCUT2D eigenvalue weighted by atomic mass is 35.5. The number of carbonyl (C=O) groups excluding carboxylic acids is 2. The number of fused-ring (bicyclic) bond motifs is 1. The number of nitrogens with one attached hydrogen (secondary N) is 1. The van der Waals surface area contributed by atoms with E-state index in [2.05, 4.69) is 5.32 Å². The second-order valence-corrected chi connectivity index (χ2v) is 9.55. The maximum atomic E-state index is 13.9. The molecule has 1 aliphatic carbocycles. The second kappa shape index (κ2) is 12.9. The van der Waals surface area contributed by atoms with Crippen LogP contribution in [0, 0.1) is 0 Å².